The summed E-state index contributed by atoms with van der Waals surface area (Å²) in [5, 5.41) is 13.3. The number of rotatable bonds is 4. The summed E-state index contributed by atoms with van der Waals surface area (Å²) in [5.41, 5.74) is 0. The van der Waals surface area contributed by atoms with Crippen LogP contribution < -0.4 is 0 Å². The third-order valence-corrected chi connectivity index (χ3v) is 7.38. The molecular weight excluding hydrogens is 711 g/mol. The second kappa shape index (κ2) is 7.04. The molecule has 118 valence electrons. The van der Waals surface area contributed by atoms with Crippen molar-refractivity contribution < 1.29 is 12.1 Å². The van der Waals surface area contributed by atoms with E-state index in [9.17, 15) is 0 Å². The van der Waals surface area contributed by atoms with Crippen LogP contribution in [-0.4, -0.2) is 29.3 Å². The molecule has 0 unspecified atom stereocenters. The molecule has 3 rings (SSSR count). The number of nitrogens with zero attached hydrogens (tertiary/aromatic N) is 6. The summed E-state index contributed by atoms with van der Waals surface area (Å²) in [6.45, 7) is 0. The Morgan fingerprint density at radius 2 is 1.09 bits per heavy atom. The topological polar surface area (TPSA) is 53.5 Å². The van der Waals surface area contributed by atoms with Gasteiger partial charge in [-0.3, -0.25) is 0 Å². The summed E-state index contributed by atoms with van der Waals surface area (Å²) in [6.07, 6.45) is 10.9. The minimum atomic E-state index is -2.04. The van der Waals surface area contributed by atoms with Crippen molar-refractivity contribution in [2.24, 2.45) is 0 Å². The summed E-state index contributed by atoms with van der Waals surface area (Å²) in [6, 6.07) is 0. The van der Waals surface area contributed by atoms with Gasteiger partial charge in [0.15, 0.2) is 0 Å². The minimum absolute atomic E-state index is 0.975. The van der Waals surface area contributed by atoms with Crippen molar-refractivity contribution in [1.29, 1.82) is 0 Å². The van der Waals surface area contributed by atoms with E-state index in [1.54, 1.807) is 32.6 Å². The number of hydrogen-bond donors (Lipinski definition) is 0. The standard InChI is InChI=1S/C10H6I3N6.2ClH.Mn/c11-7-1-14-17(4-7)10(18-5-8(12)2-15-18)19-6-9(13)3-16-19;;;/h1-6H;2*1H;/q;;;+2/p-2. The van der Waals surface area contributed by atoms with Gasteiger partial charge in [0.05, 0.1) is 0 Å². The van der Waals surface area contributed by atoms with Gasteiger partial charge in [0.2, 0.25) is 0 Å². The molecule has 0 aliphatic rings. The van der Waals surface area contributed by atoms with E-state index in [1.165, 1.54) is 0 Å². The Morgan fingerprint density at radius 3 is 1.27 bits per heavy atom. The monoisotopic (exact) mass is 716 g/mol. The van der Waals surface area contributed by atoms with Crippen LogP contribution in [0.2, 0.25) is 0 Å². The molecule has 0 aromatic carbocycles. The molecule has 0 amide bonds. The molecule has 0 bridgehead atoms. The molecule has 22 heavy (non-hydrogen) atoms. The van der Waals surface area contributed by atoms with Crippen molar-refractivity contribution in [3.63, 3.8) is 0 Å². The van der Waals surface area contributed by atoms with Crippen molar-refractivity contribution in [3.05, 3.63) is 47.9 Å². The molecule has 0 N–H and O–H groups in total. The molecule has 3 aromatic heterocycles. The van der Waals surface area contributed by atoms with E-state index in [2.05, 4.69) is 83.1 Å². The third-order valence-electron chi connectivity index (χ3n) is 2.72. The van der Waals surface area contributed by atoms with E-state index in [0.717, 1.165) is 10.7 Å². The summed E-state index contributed by atoms with van der Waals surface area (Å²) in [5.74, 6) is 0. The van der Waals surface area contributed by atoms with E-state index in [0.29, 0.717) is 0 Å². The first-order valence-corrected chi connectivity index (χ1v) is 12.7. The van der Waals surface area contributed by atoms with Crippen molar-refractivity contribution in [3.8, 4) is 0 Å². The molecule has 0 saturated heterocycles. The molecule has 3 heterocycles. The predicted molar refractivity (Wildman–Crippen MR) is 105 cm³/mol. The summed E-state index contributed by atoms with van der Waals surface area (Å²) >= 11 is 4.54. The average Bonchev–Trinajstić information content (AvgIpc) is 3.15. The van der Waals surface area contributed by atoms with Gasteiger partial charge in [-0.05, 0) is 0 Å². The van der Waals surface area contributed by atoms with Crippen LogP contribution in [0.3, 0.4) is 0 Å². The number of hydrogen-bond acceptors (Lipinski definition) is 3. The Labute approximate surface area is 179 Å². The fraction of sp³-hybridized carbons (Fsp3) is 0.100. The van der Waals surface area contributed by atoms with Crippen LogP contribution in [0.5, 0.6) is 0 Å². The normalized spacial score (nSPS) is 12.7. The fourth-order valence-electron chi connectivity index (χ4n) is 1.88. The molecule has 0 spiro atoms. The molecule has 0 aliphatic carbocycles. The van der Waals surface area contributed by atoms with Gasteiger partial charge in [0.1, 0.15) is 0 Å². The maximum atomic E-state index is 6.51. The zero-order chi connectivity index (χ0) is 15.9. The molecule has 0 saturated carbocycles. The van der Waals surface area contributed by atoms with Crippen LogP contribution in [0.15, 0.2) is 37.2 Å². The summed E-state index contributed by atoms with van der Waals surface area (Å²) < 4.78 is 7.06. The van der Waals surface area contributed by atoms with Crippen LogP contribution in [-0.2, 0) is 16.8 Å². The van der Waals surface area contributed by atoms with Crippen molar-refractivity contribution in [2.45, 2.75) is 4.69 Å². The van der Waals surface area contributed by atoms with Crippen LogP contribution in [0.1, 0.15) is 0 Å². The summed E-state index contributed by atoms with van der Waals surface area (Å²) in [4.78, 5) is 0. The van der Waals surface area contributed by atoms with Gasteiger partial charge in [0.25, 0.3) is 0 Å². The Hall–Kier alpha value is 0.919. The first-order chi connectivity index (χ1) is 10.4. The number of halogens is 5. The van der Waals surface area contributed by atoms with Crippen molar-refractivity contribution >= 4 is 88.0 Å². The van der Waals surface area contributed by atoms with Crippen molar-refractivity contribution in [2.75, 3.05) is 0 Å². The van der Waals surface area contributed by atoms with E-state index in [-0.39, 0.29) is 0 Å². The molecule has 6 nitrogen and oxygen atoms in total. The van der Waals surface area contributed by atoms with E-state index in [4.69, 9.17) is 20.2 Å². The third kappa shape index (κ3) is 3.08. The van der Waals surface area contributed by atoms with E-state index in [1.807, 2.05) is 18.6 Å². The Balaban J connectivity index is 2.32. The Kier molecular flexibility index (Phi) is 5.67. The molecule has 0 radical (unpaired) electrons. The van der Waals surface area contributed by atoms with Crippen LogP contribution in [0.4, 0.5) is 0 Å². The zero-order valence-corrected chi connectivity index (χ0v) is 19.6. The molecule has 0 aliphatic heterocycles. The SMILES string of the molecule is [Cl][Mn]([Cl])[C](n1cc(I)cn1)(n1cc(I)cn1)n1cc(I)cn1. The van der Waals surface area contributed by atoms with Crippen LogP contribution in [0, 0.1) is 10.7 Å². The van der Waals surface area contributed by atoms with Crippen LogP contribution >= 0.6 is 88.0 Å². The van der Waals surface area contributed by atoms with E-state index >= 15 is 0 Å². The van der Waals surface area contributed by atoms with Gasteiger partial charge in [0, 0.05) is 0 Å². The van der Waals surface area contributed by atoms with Gasteiger partial charge in [-0.25, -0.2) is 0 Å². The quantitative estimate of drug-likeness (QED) is 0.306. The average molecular weight is 717 g/mol. The molecule has 12 heteroatoms. The van der Waals surface area contributed by atoms with Gasteiger partial charge < -0.3 is 0 Å². The van der Waals surface area contributed by atoms with Gasteiger partial charge >= 0.3 is 182 Å². The maximum absolute atomic E-state index is 6.51. The predicted octanol–water partition coefficient (Wildman–Crippen LogP) is 3.68. The molecule has 0 fully saturated rings. The Bertz CT molecular complexity index is 702. The van der Waals surface area contributed by atoms with Gasteiger partial charge in [-0.1, -0.05) is 0 Å². The molecule has 3 aromatic rings. The Morgan fingerprint density at radius 1 is 0.773 bits per heavy atom. The molecule has 0 atom stereocenters. The fourth-order valence-corrected chi connectivity index (χ4v) is 5.71. The first-order valence-electron chi connectivity index (χ1n) is 5.59. The molecular formula is C10H6Cl2I3MnN6. The van der Waals surface area contributed by atoms with E-state index < -0.39 is 16.8 Å². The second-order valence-corrected chi connectivity index (χ2v) is 12.2. The van der Waals surface area contributed by atoms with Crippen LogP contribution in [0.25, 0.3) is 0 Å². The van der Waals surface area contributed by atoms with Gasteiger partial charge in [-0.15, -0.1) is 0 Å². The number of aromatic nitrogens is 6. The zero-order valence-electron chi connectivity index (χ0n) is 10.4. The second-order valence-electron chi connectivity index (χ2n) is 4.06. The summed E-state index contributed by atoms with van der Waals surface area (Å²) in [7, 11) is 13.0. The van der Waals surface area contributed by atoms with Gasteiger partial charge in [-0.2, -0.15) is 0 Å². The van der Waals surface area contributed by atoms with Crippen molar-refractivity contribution in [1.82, 2.24) is 29.3 Å². The first kappa shape index (κ1) is 17.7.